The maximum absolute atomic E-state index is 12.9. The van der Waals surface area contributed by atoms with Crippen LogP contribution in [0.4, 0.5) is 8.78 Å². The Labute approximate surface area is 96.0 Å². The van der Waals surface area contributed by atoms with Crippen LogP contribution in [0, 0.1) is 0 Å². The fourth-order valence-corrected chi connectivity index (χ4v) is 1.42. The van der Waals surface area contributed by atoms with E-state index in [1.165, 1.54) is 14.2 Å². The van der Waals surface area contributed by atoms with Crippen LogP contribution < -0.4 is 9.47 Å². The summed E-state index contributed by atoms with van der Waals surface area (Å²) in [6.07, 6.45) is -2.31. The zero-order valence-electron chi connectivity index (χ0n) is 9.24. The van der Waals surface area contributed by atoms with Crippen LogP contribution in [0.5, 0.6) is 11.6 Å². The fourth-order valence-electron chi connectivity index (χ4n) is 1.42. The summed E-state index contributed by atoms with van der Waals surface area (Å²) in [6.45, 7) is 0. The summed E-state index contributed by atoms with van der Waals surface area (Å²) in [5.74, 6) is -1.53. The number of nitrogens with zero attached hydrogens (tertiary/aromatic N) is 1. The quantitative estimate of drug-likeness (QED) is 0.857. The molecule has 0 aromatic carbocycles. The van der Waals surface area contributed by atoms with E-state index in [9.17, 15) is 13.6 Å². The molecule has 94 valence electrons. The molecule has 1 heterocycles. The SMILES string of the molecule is COc1cnc(OC)c(C(F)F)c1CC(=O)O. The standard InChI is InChI=1S/C10H11F2NO4/c1-16-6-4-13-10(17-2)8(9(11)12)5(6)3-7(14)15/h4,9H,3H2,1-2H3,(H,14,15). The Morgan fingerprint density at radius 2 is 2.12 bits per heavy atom. The van der Waals surface area contributed by atoms with Crippen LogP contribution in [0.2, 0.25) is 0 Å². The zero-order chi connectivity index (χ0) is 13.0. The number of carboxylic acid groups (broad SMARTS) is 1. The third kappa shape index (κ3) is 2.80. The summed E-state index contributed by atoms with van der Waals surface area (Å²) in [5.41, 5.74) is -0.670. The van der Waals surface area contributed by atoms with Gasteiger partial charge in [0.05, 0.1) is 32.4 Å². The summed E-state index contributed by atoms with van der Waals surface area (Å²) in [4.78, 5) is 14.3. The lowest BCUT2D eigenvalue weighted by molar-refractivity contribution is -0.136. The predicted molar refractivity (Wildman–Crippen MR) is 53.6 cm³/mol. The maximum atomic E-state index is 12.9. The van der Waals surface area contributed by atoms with Gasteiger partial charge >= 0.3 is 5.97 Å². The normalized spacial score (nSPS) is 10.4. The van der Waals surface area contributed by atoms with Crippen LogP contribution >= 0.6 is 0 Å². The van der Waals surface area contributed by atoms with Gasteiger partial charge in [0, 0.05) is 5.56 Å². The number of carboxylic acids is 1. The molecule has 0 radical (unpaired) electrons. The Morgan fingerprint density at radius 3 is 2.53 bits per heavy atom. The first-order valence-electron chi connectivity index (χ1n) is 4.61. The molecule has 0 fully saturated rings. The van der Waals surface area contributed by atoms with Crippen molar-refractivity contribution in [1.29, 1.82) is 0 Å². The highest BCUT2D eigenvalue weighted by Gasteiger charge is 2.25. The number of methoxy groups -OCH3 is 2. The topological polar surface area (TPSA) is 68.7 Å². The van der Waals surface area contributed by atoms with Crippen LogP contribution in [0.15, 0.2) is 6.20 Å². The minimum Gasteiger partial charge on any atom is -0.495 e. The lowest BCUT2D eigenvalue weighted by Gasteiger charge is -2.14. The summed E-state index contributed by atoms with van der Waals surface area (Å²) < 4.78 is 35.3. The molecule has 0 aliphatic heterocycles. The molecule has 7 heteroatoms. The maximum Gasteiger partial charge on any atom is 0.307 e. The average Bonchev–Trinajstić information content (AvgIpc) is 2.27. The molecule has 1 N–H and O–H groups in total. The number of hydrogen-bond acceptors (Lipinski definition) is 4. The first-order valence-corrected chi connectivity index (χ1v) is 4.61. The number of halogens is 2. The number of aliphatic carboxylic acids is 1. The molecule has 0 saturated carbocycles. The molecule has 1 rings (SSSR count). The summed E-state index contributed by atoms with van der Waals surface area (Å²) in [5, 5.41) is 8.70. The minimum absolute atomic E-state index is 0.00324. The van der Waals surface area contributed by atoms with Crippen LogP contribution in [-0.4, -0.2) is 30.3 Å². The molecule has 1 aromatic rings. The first kappa shape index (κ1) is 13.1. The number of hydrogen-bond donors (Lipinski definition) is 1. The molecule has 5 nitrogen and oxygen atoms in total. The van der Waals surface area contributed by atoms with E-state index in [2.05, 4.69) is 9.72 Å². The smallest absolute Gasteiger partial charge is 0.307 e. The lowest BCUT2D eigenvalue weighted by atomic mass is 10.1. The Kier molecular flexibility index (Phi) is 4.19. The molecule has 0 aliphatic rings. The van der Waals surface area contributed by atoms with Crippen molar-refractivity contribution in [3.05, 3.63) is 17.3 Å². The van der Waals surface area contributed by atoms with E-state index in [-0.39, 0.29) is 17.2 Å². The molecular formula is C10H11F2NO4. The molecule has 0 spiro atoms. The summed E-state index contributed by atoms with van der Waals surface area (Å²) in [6, 6.07) is 0. The Bertz CT molecular complexity index is 423. The Hall–Kier alpha value is -1.92. The first-order chi connectivity index (χ1) is 8.01. The van der Waals surface area contributed by atoms with Crippen molar-refractivity contribution in [3.63, 3.8) is 0 Å². The third-order valence-corrected chi connectivity index (χ3v) is 2.11. The van der Waals surface area contributed by atoms with E-state index < -0.39 is 24.4 Å². The monoisotopic (exact) mass is 247 g/mol. The van der Waals surface area contributed by atoms with Gasteiger partial charge < -0.3 is 14.6 Å². The van der Waals surface area contributed by atoms with Gasteiger partial charge in [-0.15, -0.1) is 0 Å². The number of pyridine rings is 1. The molecular weight excluding hydrogens is 236 g/mol. The molecule has 0 saturated heterocycles. The minimum atomic E-state index is -2.89. The van der Waals surface area contributed by atoms with Gasteiger partial charge in [-0.3, -0.25) is 4.79 Å². The molecule has 17 heavy (non-hydrogen) atoms. The highest BCUT2D eigenvalue weighted by molar-refractivity contribution is 5.72. The van der Waals surface area contributed by atoms with Crippen molar-refractivity contribution in [1.82, 2.24) is 4.98 Å². The third-order valence-electron chi connectivity index (χ3n) is 2.11. The second kappa shape index (κ2) is 5.42. The van der Waals surface area contributed by atoms with Crippen LogP contribution in [-0.2, 0) is 11.2 Å². The molecule has 0 amide bonds. The average molecular weight is 247 g/mol. The van der Waals surface area contributed by atoms with Crippen molar-refractivity contribution in [2.24, 2.45) is 0 Å². The van der Waals surface area contributed by atoms with Crippen LogP contribution in [0.1, 0.15) is 17.6 Å². The van der Waals surface area contributed by atoms with Gasteiger partial charge in [-0.2, -0.15) is 0 Å². The zero-order valence-corrected chi connectivity index (χ0v) is 9.24. The van der Waals surface area contributed by atoms with E-state index in [4.69, 9.17) is 9.84 Å². The fraction of sp³-hybridized carbons (Fsp3) is 0.400. The van der Waals surface area contributed by atoms with Gasteiger partial charge in [0.1, 0.15) is 5.75 Å². The van der Waals surface area contributed by atoms with Crippen LogP contribution in [0.3, 0.4) is 0 Å². The van der Waals surface area contributed by atoms with E-state index in [0.29, 0.717) is 0 Å². The summed E-state index contributed by atoms with van der Waals surface area (Å²) >= 11 is 0. The van der Waals surface area contributed by atoms with Gasteiger partial charge in [-0.25, -0.2) is 13.8 Å². The van der Waals surface area contributed by atoms with Crippen molar-refractivity contribution in [2.45, 2.75) is 12.8 Å². The molecule has 0 unspecified atom stereocenters. The van der Waals surface area contributed by atoms with Gasteiger partial charge in [0.2, 0.25) is 5.88 Å². The van der Waals surface area contributed by atoms with Gasteiger partial charge in [0.15, 0.2) is 0 Å². The number of alkyl halides is 2. The number of aromatic nitrogens is 1. The van der Waals surface area contributed by atoms with Crippen LogP contribution in [0.25, 0.3) is 0 Å². The predicted octanol–water partition coefficient (Wildman–Crippen LogP) is 1.66. The highest BCUT2D eigenvalue weighted by atomic mass is 19.3. The highest BCUT2D eigenvalue weighted by Crippen LogP contribution is 2.35. The largest absolute Gasteiger partial charge is 0.495 e. The van der Waals surface area contributed by atoms with Gasteiger partial charge in [0.25, 0.3) is 6.43 Å². The van der Waals surface area contributed by atoms with E-state index in [0.717, 1.165) is 6.20 Å². The molecule has 0 aliphatic carbocycles. The Balaban J connectivity index is 3.40. The van der Waals surface area contributed by atoms with E-state index in [1.807, 2.05) is 0 Å². The van der Waals surface area contributed by atoms with Crippen molar-refractivity contribution in [2.75, 3.05) is 14.2 Å². The van der Waals surface area contributed by atoms with Crippen molar-refractivity contribution >= 4 is 5.97 Å². The van der Waals surface area contributed by atoms with Crippen molar-refractivity contribution in [3.8, 4) is 11.6 Å². The molecule has 0 atom stereocenters. The Morgan fingerprint density at radius 1 is 1.47 bits per heavy atom. The van der Waals surface area contributed by atoms with Gasteiger partial charge in [-0.1, -0.05) is 0 Å². The van der Waals surface area contributed by atoms with E-state index in [1.54, 1.807) is 0 Å². The number of carbonyl (C=O) groups is 1. The number of rotatable bonds is 5. The van der Waals surface area contributed by atoms with E-state index >= 15 is 0 Å². The lowest BCUT2D eigenvalue weighted by Crippen LogP contribution is -2.09. The molecule has 0 bridgehead atoms. The summed E-state index contributed by atoms with van der Waals surface area (Å²) in [7, 11) is 2.44. The second-order valence-corrected chi connectivity index (χ2v) is 3.10. The molecule has 1 aromatic heterocycles. The second-order valence-electron chi connectivity index (χ2n) is 3.10. The van der Waals surface area contributed by atoms with Gasteiger partial charge in [-0.05, 0) is 0 Å². The number of ether oxygens (including phenoxy) is 2. The van der Waals surface area contributed by atoms with Crippen molar-refractivity contribution < 1.29 is 28.2 Å².